The van der Waals surface area contributed by atoms with Crippen LogP contribution in [0, 0.1) is 0 Å². The van der Waals surface area contributed by atoms with Gasteiger partial charge in [0.15, 0.2) is 0 Å². The molecule has 1 aromatic carbocycles. The van der Waals surface area contributed by atoms with Crippen LogP contribution in [0.5, 0.6) is 0 Å². The average Bonchev–Trinajstić information content (AvgIpc) is 2.72. The van der Waals surface area contributed by atoms with Crippen molar-refractivity contribution < 1.29 is 12.8 Å². The second-order valence-corrected chi connectivity index (χ2v) is 6.60. The number of sulfonamides is 1. The van der Waals surface area contributed by atoms with Crippen molar-refractivity contribution in [2.24, 2.45) is 0 Å². The zero-order chi connectivity index (χ0) is 13.9. The van der Waals surface area contributed by atoms with E-state index in [1.807, 2.05) is 6.07 Å². The van der Waals surface area contributed by atoms with E-state index in [0.717, 1.165) is 22.2 Å². The molecule has 0 bridgehead atoms. The van der Waals surface area contributed by atoms with Crippen LogP contribution in [-0.2, 0) is 16.6 Å². The first-order valence-electron chi connectivity index (χ1n) is 5.47. The fraction of sp³-hybridized carbons (Fsp3) is 0.167. The molecule has 2 rings (SSSR count). The van der Waals surface area contributed by atoms with Crippen LogP contribution in [0.3, 0.4) is 0 Å². The first kappa shape index (κ1) is 14.0. The molecule has 0 radical (unpaired) electrons. The molecule has 19 heavy (non-hydrogen) atoms. The Hall–Kier alpha value is -1.47. The monoisotopic (exact) mass is 344 g/mol. The Labute approximate surface area is 120 Å². The minimum absolute atomic E-state index is 0.534. The van der Waals surface area contributed by atoms with E-state index in [9.17, 15) is 8.42 Å². The van der Waals surface area contributed by atoms with Crippen LogP contribution in [0.1, 0.15) is 5.76 Å². The topological polar surface area (TPSA) is 71.3 Å². The predicted molar refractivity (Wildman–Crippen MR) is 78.6 cm³/mol. The number of hydrogen-bond donors (Lipinski definition) is 2. The van der Waals surface area contributed by atoms with Crippen molar-refractivity contribution in [1.29, 1.82) is 0 Å². The molecule has 0 saturated carbocycles. The lowest BCUT2D eigenvalue weighted by atomic mass is 10.3. The molecule has 0 aliphatic heterocycles. The quantitative estimate of drug-likeness (QED) is 0.874. The molecule has 0 fully saturated rings. The summed E-state index contributed by atoms with van der Waals surface area (Å²) in [5.41, 5.74) is 1.41. The van der Waals surface area contributed by atoms with E-state index in [0.29, 0.717) is 12.2 Å². The number of rotatable bonds is 5. The van der Waals surface area contributed by atoms with Gasteiger partial charge in [-0.05, 0) is 46.3 Å². The molecule has 5 nitrogen and oxygen atoms in total. The van der Waals surface area contributed by atoms with E-state index in [4.69, 9.17) is 4.42 Å². The molecule has 1 heterocycles. The predicted octanol–water partition coefficient (Wildman–Crippen LogP) is 3.03. The highest BCUT2D eigenvalue weighted by molar-refractivity contribution is 9.10. The van der Waals surface area contributed by atoms with Crippen molar-refractivity contribution in [2.45, 2.75) is 6.54 Å². The average molecular weight is 345 g/mol. The summed E-state index contributed by atoms with van der Waals surface area (Å²) in [4.78, 5) is 0. The lowest BCUT2D eigenvalue weighted by Gasteiger charge is -2.07. The van der Waals surface area contributed by atoms with Gasteiger partial charge in [-0.2, -0.15) is 0 Å². The first-order valence-corrected chi connectivity index (χ1v) is 8.16. The molecular formula is C12H13BrN2O3S. The Morgan fingerprint density at radius 2 is 1.79 bits per heavy atom. The van der Waals surface area contributed by atoms with Crippen LogP contribution in [0.2, 0.25) is 0 Å². The summed E-state index contributed by atoms with van der Waals surface area (Å²) < 4.78 is 30.7. The Morgan fingerprint density at radius 3 is 2.32 bits per heavy atom. The second kappa shape index (κ2) is 5.66. The van der Waals surface area contributed by atoms with E-state index in [1.165, 1.54) is 0 Å². The zero-order valence-electron chi connectivity index (χ0n) is 10.2. The van der Waals surface area contributed by atoms with Gasteiger partial charge in [0.25, 0.3) is 0 Å². The number of nitrogens with one attached hydrogen (secondary N) is 2. The summed E-state index contributed by atoms with van der Waals surface area (Å²) >= 11 is 3.37. The van der Waals surface area contributed by atoms with Crippen molar-refractivity contribution in [3.63, 3.8) is 0 Å². The zero-order valence-corrected chi connectivity index (χ0v) is 12.6. The first-order chi connectivity index (χ1) is 8.94. The van der Waals surface area contributed by atoms with Crippen LogP contribution in [0.25, 0.3) is 0 Å². The lowest BCUT2D eigenvalue weighted by molar-refractivity contribution is 0.516. The second-order valence-electron chi connectivity index (χ2n) is 4.00. The van der Waals surface area contributed by atoms with E-state index >= 15 is 0 Å². The number of halogens is 1. The summed E-state index contributed by atoms with van der Waals surface area (Å²) in [5.74, 6) is 0.804. The van der Waals surface area contributed by atoms with Gasteiger partial charge in [-0.3, -0.25) is 4.72 Å². The summed E-state index contributed by atoms with van der Waals surface area (Å²) in [6.07, 6.45) is 2.73. The molecule has 0 aliphatic rings. The lowest BCUT2D eigenvalue weighted by Crippen LogP contribution is -2.09. The standard InChI is InChI=1S/C12H13BrN2O3S/c1-19(16,17)15-10-4-2-9(3-5-10)14-8-12-11(13)6-7-18-12/h2-7,14-15H,8H2,1H3. The number of hydrogen-bond acceptors (Lipinski definition) is 4. The van der Waals surface area contributed by atoms with E-state index < -0.39 is 10.0 Å². The van der Waals surface area contributed by atoms with Gasteiger partial charge < -0.3 is 9.73 Å². The van der Waals surface area contributed by atoms with Gasteiger partial charge in [0, 0.05) is 11.4 Å². The van der Waals surface area contributed by atoms with E-state index in [1.54, 1.807) is 30.5 Å². The molecule has 1 aromatic heterocycles. The third kappa shape index (κ3) is 4.29. The summed E-state index contributed by atoms with van der Waals surface area (Å²) in [6, 6.07) is 8.81. The van der Waals surface area contributed by atoms with Crippen LogP contribution < -0.4 is 10.0 Å². The highest BCUT2D eigenvalue weighted by Crippen LogP contribution is 2.20. The van der Waals surface area contributed by atoms with Crippen molar-refractivity contribution in [3.8, 4) is 0 Å². The normalized spacial score (nSPS) is 11.3. The maximum absolute atomic E-state index is 11.1. The molecule has 0 aliphatic carbocycles. The van der Waals surface area contributed by atoms with Gasteiger partial charge in [0.1, 0.15) is 5.76 Å². The smallest absolute Gasteiger partial charge is 0.229 e. The molecule has 0 amide bonds. The van der Waals surface area contributed by atoms with Gasteiger partial charge in [-0.15, -0.1) is 0 Å². The van der Waals surface area contributed by atoms with Gasteiger partial charge in [0.05, 0.1) is 23.5 Å². The summed E-state index contributed by atoms with van der Waals surface area (Å²) in [7, 11) is -3.23. The summed E-state index contributed by atoms with van der Waals surface area (Å²) in [5, 5.41) is 3.18. The molecule has 0 atom stereocenters. The van der Waals surface area contributed by atoms with Crippen molar-refractivity contribution >= 4 is 37.3 Å². The van der Waals surface area contributed by atoms with Gasteiger partial charge >= 0.3 is 0 Å². The van der Waals surface area contributed by atoms with E-state index in [2.05, 4.69) is 26.0 Å². The van der Waals surface area contributed by atoms with Crippen molar-refractivity contribution in [1.82, 2.24) is 0 Å². The highest BCUT2D eigenvalue weighted by atomic mass is 79.9. The molecule has 2 N–H and O–H groups in total. The molecule has 0 unspecified atom stereocenters. The van der Waals surface area contributed by atoms with Gasteiger partial charge in [-0.25, -0.2) is 8.42 Å². The van der Waals surface area contributed by atoms with Crippen LogP contribution in [0.4, 0.5) is 11.4 Å². The van der Waals surface area contributed by atoms with Gasteiger partial charge in [0.2, 0.25) is 10.0 Å². The van der Waals surface area contributed by atoms with Crippen molar-refractivity contribution in [3.05, 3.63) is 46.8 Å². The number of benzene rings is 1. The minimum atomic E-state index is -3.23. The SMILES string of the molecule is CS(=O)(=O)Nc1ccc(NCc2occc2Br)cc1. The van der Waals surface area contributed by atoms with Crippen molar-refractivity contribution in [2.75, 3.05) is 16.3 Å². The maximum atomic E-state index is 11.1. The molecule has 102 valence electrons. The Balaban J connectivity index is 1.97. The molecule has 7 heteroatoms. The maximum Gasteiger partial charge on any atom is 0.229 e. The Bertz CT molecular complexity index is 650. The highest BCUT2D eigenvalue weighted by Gasteiger charge is 2.04. The molecule has 0 spiro atoms. The molecule has 2 aromatic rings. The van der Waals surface area contributed by atoms with Crippen LogP contribution >= 0.6 is 15.9 Å². The number of furan rings is 1. The largest absolute Gasteiger partial charge is 0.466 e. The Kier molecular flexibility index (Phi) is 4.16. The fourth-order valence-corrected chi connectivity index (χ4v) is 2.41. The van der Waals surface area contributed by atoms with Crippen LogP contribution in [0.15, 0.2) is 45.5 Å². The molecular weight excluding hydrogens is 332 g/mol. The summed E-state index contributed by atoms with van der Waals surface area (Å²) in [6.45, 7) is 0.548. The fourth-order valence-electron chi connectivity index (χ4n) is 1.50. The number of anilines is 2. The Morgan fingerprint density at radius 1 is 1.16 bits per heavy atom. The third-order valence-corrected chi connectivity index (χ3v) is 3.65. The minimum Gasteiger partial charge on any atom is -0.466 e. The molecule has 0 saturated heterocycles. The van der Waals surface area contributed by atoms with Crippen LogP contribution in [-0.4, -0.2) is 14.7 Å². The third-order valence-electron chi connectivity index (χ3n) is 2.33. The van der Waals surface area contributed by atoms with E-state index in [-0.39, 0.29) is 0 Å². The van der Waals surface area contributed by atoms with Gasteiger partial charge in [-0.1, -0.05) is 0 Å².